The van der Waals surface area contributed by atoms with Gasteiger partial charge < -0.3 is 0 Å². The Hall–Kier alpha value is -2.17. The summed E-state index contributed by atoms with van der Waals surface area (Å²) < 4.78 is 51.7. The summed E-state index contributed by atoms with van der Waals surface area (Å²) in [6.07, 6.45) is -4.22. The van der Waals surface area contributed by atoms with Crippen molar-refractivity contribution < 1.29 is 22.4 Å². The van der Waals surface area contributed by atoms with E-state index in [1.165, 1.54) is 18.2 Å². The van der Waals surface area contributed by atoms with E-state index in [0.29, 0.717) is 12.4 Å². The van der Waals surface area contributed by atoms with Crippen LogP contribution in [0.4, 0.5) is 17.6 Å². The van der Waals surface area contributed by atoms with Crippen LogP contribution in [0.2, 0.25) is 0 Å². The number of hydrogen-bond acceptors (Lipinski definition) is 1. The van der Waals surface area contributed by atoms with Gasteiger partial charge in [-0.15, -0.1) is 0 Å². The van der Waals surface area contributed by atoms with E-state index >= 15 is 0 Å². The third kappa shape index (κ3) is 2.65. The molecule has 0 spiro atoms. The molecule has 0 fully saturated rings. The van der Waals surface area contributed by atoms with Crippen LogP contribution in [-0.2, 0) is 6.18 Å². The second-order valence-electron chi connectivity index (χ2n) is 3.89. The number of benzene rings is 2. The quantitative estimate of drug-likeness (QED) is 0.585. The Morgan fingerprint density at radius 3 is 2.26 bits per heavy atom. The Balaban J connectivity index is 2.72. The topological polar surface area (TPSA) is 17.1 Å². The van der Waals surface area contributed by atoms with E-state index in [1.807, 2.05) is 0 Å². The summed E-state index contributed by atoms with van der Waals surface area (Å²) >= 11 is 0. The summed E-state index contributed by atoms with van der Waals surface area (Å²) in [4.78, 5) is 10.9. The molecule has 1 nitrogen and oxygen atoms in total. The van der Waals surface area contributed by atoms with Crippen LogP contribution in [0.15, 0.2) is 42.5 Å². The lowest BCUT2D eigenvalue weighted by Crippen LogP contribution is -2.08. The van der Waals surface area contributed by atoms with Gasteiger partial charge in [0.15, 0.2) is 6.29 Å². The maximum absolute atomic E-state index is 13.0. The van der Waals surface area contributed by atoms with Gasteiger partial charge in [-0.05, 0) is 23.3 Å². The molecule has 5 heteroatoms. The monoisotopic (exact) mass is 268 g/mol. The molecule has 0 saturated heterocycles. The maximum Gasteiger partial charge on any atom is 0.417 e. The minimum atomic E-state index is -4.69. The highest BCUT2D eigenvalue weighted by Gasteiger charge is 2.34. The molecule has 0 saturated carbocycles. The van der Waals surface area contributed by atoms with Gasteiger partial charge in [0.25, 0.3) is 0 Å². The molecular formula is C14H8F4O. The molecule has 0 N–H and O–H groups in total. The number of carbonyl (C=O) groups excluding carboxylic acids is 1. The van der Waals surface area contributed by atoms with Gasteiger partial charge in [-0.1, -0.05) is 30.3 Å². The zero-order valence-electron chi connectivity index (χ0n) is 9.54. The van der Waals surface area contributed by atoms with Crippen LogP contribution in [0, 0.1) is 5.82 Å². The maximum atomic E-state index is 13.0. The molecule has 0 heterocycles. The van der Waals surface area contributed by atoms with Gasteiger partial charge in [0.2, 0.25) is 0 Å². The third-order valence-corrected chi connectivity index (χ3v) is 2.66. The average molecular weight is 268 g/mol. The predicted molar refractivity (Wildman–Crippen MR) is 62.2 cm³/mol. The van der Waals surface area contributed by atoms with Gasteiger partial charge in [0.05, 0.1) is 5.56 Å². The predicted octanol–water partition coefficient (Wildman–Crippen LogP) is 4.32. The first-order valence-electron chi connectivity index (χ1n) is 5.35. The smallest absolute Gasteiger partial charge is 0.298 e. The summed E-state index contributed by atoms with van der Waals surface area (Å²) in [5.41, 5.74) is -1.05. The number of carbonyl (C=O) groups is 1. The van der Waals surface area contributed by atoms with Crippen LogP contribution in [0.3, 0.4) is 0 Å². The van der Waals surface area contributed by atoms with Crippen LogP contribution in [0.5, 0.6) is 0 Å². The molecule has 0 amide bonds. The molecule has 2 aromatic rings. The van der Waals surface area contributed by atoms with E-state index in [2.05, 4.69) is 0 Å². The van der Waals surface area contributed by atoms with Crippen molar-refractivity contribution >= 4 is 6.29 Å². The summed E-state index contributed by atoms with van der Waals surface area (Å²) in [5.74, 6) is -0.973. The van der Waals surface area contributed by atoms with E-state index < -0.39 is 17.6 Å². The van der Waals surface area contributed by atoms with Gasteiger partial charge in [-0.25, -0.2) is 4.39 Å². The molecule has 2 aromatic carbocycles. The minimum absolute atomic E-state index is 0.125. The summed E-state index contributed by atoms with van der Waals surface area (Å²) in [5, 5.41) is 0. The minimum Gasteiger partial charge on any atom is -0.298 e. The molecule has 19 heavy (non-hydrogen) atoms. The molecule has 0 unspecified atom stereocenters. The van der Waals surface area contributed by atoms with Crippen molar-refractivity contribution in [1.82, 2.24) is 0 Å². The average Bonchev–Trinajstić information content (AvgIpc) is 2.37. The molecular weight excluding hydrogens is 260 g/mol. The van der Waals surface area contributed by atoms with Crippen molar-refractivity contribution in [2.24, 2.45) is 0 Å². The molecule has 0 aliphatic carbocycles. The fourth-order valence-electron chi connectivity index (χ4n) is 1.83. The van der Waals surface area contributed by atoms with Crippen LogP contribution in [0.25, 0.3) is 11.1 Å². The van der Waals surface area contributed by atoms with Crippen LogP contribution >= 0.6 is 0 Å². The molecule has 2 rings (SSSR count). The Labute approximate surface area is 106 Å². The summed E-state index contributed by atoms with van der Waals surface area (Å²) in [6.45, 7) is 0. The van der Waals surface area contributed by atoms with E-state index in [-0.39, 0.29) is 16.7 Å². The molecule has 0 aliphatic rings. The summed E-state index contributed by atoms with van der Waals surface area (Å²) in [7, 11) is 0. The first-order valence-corrected chi connectivity index (χ1v) is 5.35. The highest BCUT2D eigenvalue weighted by molar-refractivity contribution is 5.88. The highest BCUT2D eigenvalue weighted by Crippen LogP contribution is 2.38. The molecule has 0 radical (unpaired) electrons. The van der Waals surface area contributed by atoms with Crippen molar-refractivity contribution in [3.8, 4) is 11.1 Å². The van der Waals surface area contributed by atoms with E-state index in [0.717, 1.165) is 12.1 Å². The van der Waals surface area contributed by atoms with Crippen molar-refractivity contribution in [1.29, 1.82) is 0 Å². The Morgan fingerprint density at radius 2 is 1.63 bits per heavy atom. The second kappa shape index (κ2) is 4.84. The lowest BCUT2D eigenvalue weighted by molar-refractivity contribution is -0.137. The van der Waals surface area contributed by atoms with Crippen LogP contribution in [-0.4, -0.2) is 6.29 Å². The van der Waals surface area contributed by atoms with Crippen molar-refractivity contribution in [3.05, 3.63) is 59.4 Å². The number of hydrogen-bond donors (Lipinski definition) is 0. The lowest BCUT2D eigenvalue weighted by Gasteiger charge is -2.14. The van der Waals surface area contributed by atoms with E-state index in [1.54, 1.807) is 6.07 Å². The first kappa shape index (κ1) is 13.3. The van der Waals surface area contributed by atoms with Crippen molar-refractivity contribution in [3.63, 3.8) is 0 Å². The lowest BCUT2D eigenvalue weighted by atomic mass is 9.95. The molecule has 0 bridgehead atoms. The van der Waals surface area contributed by atoms with Gasteiger partial charge in [0.1, 0.15) is 5.82 Å². The Kier molecular flexibility index (Phi) is 3.38. The number of aldehydes is 1. The standard InChI is InChI=1S/C14H8F4O/c15-10-5-6-12(13(7-10)14(16,17)18)11-4-2-1-3-9(11)8-19/h1-8H. The number of rotatable bonds is 2. The van der Waals surface area contributed by atoms with Crippen molar-refractivity contribution in [2.75, 3.05) is 0 Å². The molecule has 0 aromatic heterocycles. The zero-order chi connectivity index (χ0) is 14.0. The SMILES string of the molecule is O=Cc1ccccc1-c1ccc(F)cc1C(F)(F)F. The second-order valence-corrected chi connectivity index (χ2v) is 3.89. The normalized spacial score (nSPS) is 11.4. The number of alkyl halides is 3. The third-order valence-electron chi connectivity index (χ3n) is 2.66. The van der Waals surface area contributed by atoms with Crippen LogP contribution < -0.4 is 0 Å². The first-order chi connectivity index (χ1) is 8.93. The van der Waals surface area contributed by atoms with Gasteiger partial charge in [-0.3, -0.25) is 4.79 Å². The fourth-order valence-corrected chi connectivity index (χ4v) is 1.83. The zero-order valence-corrected chi connectivity index (χ0v) is 9.54. The molecule has 0 atom stereocenters. The fraction of sp³-hybridized carbons (Fsp3) is 0.0714. The molecule has 0 aliphatic heterocycles. The van der Waals surface area contributed by atoms with Gasteiger partial charge in [0, 0.05) is 5.56 Å². The number of halogens is 4. The van der Waals surface area contributed by atoms with E-state index in [9.17, 15) is 22.4 Å². The molecule has 98 valence electrons. The van der Waals surface area contributed by atoms with Gasteiger partial charge in [-0.2, -0.15) is 13.2 Å². The Bertz CT molecular complexity index is 617. The van der Waals surface area contributed by atoms with Crippen molar-refractivity contribution in [2.45, 2.75) is 6.18 Å². The Morgan fingerprint density at radius 1 is 0.947 bits per heavy atom. The highest BCUT2D eigenvalue weighted by atomic mass is 19.4. The van der Waals surface area contributed by atoms with Crippen LogP contribution in [0.1, 0.15) is 15.9 Å². The summed E-state index contributed by atoms with van der Waals surface area (Å²) in [6, 6.07) is 8.26. The van der Waals surface area contributed by atoms with E-state index in [4.69, 9.17) is 0 Å². The van der Waals surface area contributed by atoms with Gasteiger partial charge >= 0.3 is 6.18 Å². The largest absolute Gasteiger partial charge is 0.417 e.